The van der Waals surface area contributed by atoms with Crippen LogP contribution in [0, 0.1) is 5.82 Å². The molecule has 2 aromatic rings. The van der Waals surface area contributed by atoms with Crippen molar-refractivity contribution in [3.8, 4) is 0 Å². The van der Waals surface area contributed by atoms with Gasteiger partial charge < -0.3 is 14.6 Å². The van der Waals surface area contributed by atoms with E-state index in [1.165, 1.54) is 12.5 Å². The number of nitrogens with one attached hydrogen (secondary N) is 1. The number of halogens is 1. The molecule has 1 saturated heterocycles. The van der Waals surface area contributed by atoms with Gasteiger partial charge in [-0.25, -0.2) is 4.39 Å². The average molecular weight is 262 g/mol. The van der Waals surface area contributed by atoms with Gasteiger partial charge in [0.05, 0.1) is 11.6 Å². The minimum absolute atomic E-state index is 0.181. The Morgan fingerprint density at radius 2 is 2.32 bits per heavy atom. The van der Waals surface area contributed by atoms with Crippen molar-refractivity contribution in [3.05, 3.63) is 36.3 Å². The molecule has 2 heterocycles. The van der Waals surface area contributed by atoms with E-state index in [4.69, 9.17) is 4.74 Å². The SMILES string of the molecule is Fc1ccc2ccn(CCNCC3CCCO3)c2c1. The summed E-state index contributed by atoms with van der Waals surface area (Å²) in [5, 5.41) is 4.49. The summed E-state index contributed by atoms with van der Waals surface area (Å²) in [4.78, 5) is 0. The lowest BCUT2D eigenvalue weighted by Crippen LogP contribution is -2.28. The summed E-state index contributed by atoms with van der Waals surface area (Å²) in [5.41, 5.74) is 0.957. The van der Waals surface area contributed by atoms with Crippen molar-refractivity contribution >= 4 is 10.9 Å². The Labute approximate surface area is 112 Å². The molecule has 1 aliphatic rings. The van der Waals surface area contributed by atoms with Crippen LogP contribution in [0.4, 0.5) is 4.39 Å². The van der Waals surface area contributed by atoms with Gasteiger partial charge in [-0.1, -0.05) is 0 Å². The third-order valence-corrected chi connectivity index (χ3v) is 3.66. The zero-order valence-electron chi connectivity index (χ0n) is 10.9. The average Bonchev–Trinajstić information content (AvgIpc) is 3.04. The van der Waals surface area contributed by atoms with E-state index in [0.29, 0.717) is 6.10 Å². The molecule has 0 amide bonds. The Morgan fingerprint density at radius 3 is 3.16 bits per heavy atom. The molecule has 0 saturated carbocycles. The van der Waals surface area contributed by atoms with Crippen molar-refractivity contribution in [2.45, 2.75) is 25.5 Å². The number of hydrogen-bond donors (Lipinski definition) is 1. The molecule has 102 valence electrons. The number of rotatable bonds is 5. The standard InChI is InChI=1S/C15H19FN2O/c16-13-4-3-12-5-7-18(15(12)10-13)8-6-17-11-14-2-1-9-19-14/h3-5,7,10,14,17H,1-2,6,8-9,11H2. The fraction of sp³-hybridized carbons (Fsp3) is 0.467. The third kappa shape index (κ3) is 2.96. The van der Waals surface area contributed by atoms with Gasteiger partial charge in [-0.05, 0) is 42.5 Å². The molecular weight excluding hydrogens is 243 g/mol. The highest BCUT2D eigenvalue weighted by Gasteiger charge is 2.14. The number of benzene rings is 1. The van der Waals surface area contributed by atoms with Gasteiger partial charge in [-0.15, -0.1) is 0 Å². The highest BCUT2D eigenvalue weighted by atomic mass is 19.1. The van der Waals surface area contributed by atoms with Gasteiger partial charge in [0, 0.05) is 32.4 Å². The molecular formula is C15H19FN2O. The van der Waals surface area contributed by atoms with Crippen molar-refractivity contribution in [1.29, 1.82) is 0 Å². The first-order valence-corrected chi connectivity index (χ1v) is 6.90. The molecule has 19 heavy (non-hydrogen) atoms. The first-order valence-electron chi connectivity index (χ1n) is 6.90. The van der Waals surface area contributed by atoms with Crippen molar-refractivity contribution in [2.24, 2.45) is 0 Å². The van der Waals surface area contributed by atoms with Crippen LogP contribution in [0.15, 0.2) is 30.5 Å². The largest absolute Gasteiger partial charge is 0.377 e. The van der Waals surface area contributed by atoms with Crippen LogP contribution >= 0.6 is 0 Å². The molecule has 3 nitrogen and oxygen atoms in total. The van der Waals surface area contributed by atoms with E-state index in [0.717, 1.165) is 43.6 Å². The molecule has 0 aliphatic carbocycles. The molecule has 1 atom stereocenters. The van der Waals surface area contributed by atoms with E-state index in [2.05, 4.69) is 9.88 Å². The molecule has 1 unspecified atom stereocenters. The predicted octanol–water partition coefficient (Wildman–Crippen LogP) is 2.55. The molecule has 0 spiro atoms. The number of nitrogens with zero attached hydrogens (tertiary/aromatic N) is 1. The molecule has 1 aromatic carbocycles. The van der Waals surface area contributed by atoms with Crippen molar-refractivity contribution in [3.63, 3.8) is 0 Å². The topological polar surface area (TPSA) is 26.2 Å². The van der Waals surface area contributed by atoms with Crippen molar-refractivity contribution < 1.29 is 9.13 Å². The summed E-state index contributed by atoms with van der Waals surface area (Å²) in [5.74, 6) is -0.181. The van der Waals surface area contributed by atoms with E-state index in [9.17, 15) is 4.39 Å². The van der Waals surface area contributed by atoms with Crippen molar-refractivity contribution in [1.82, 2.24) is 9.88 Å². The normalized spacial score (nSPS) is 19.3. The van der Waals surface area contributed by atoms with Crippen LogP contribution in [-0.4, -0.2) is 30.4 Å². The van der Waals surface area contributed by atoms with Gasteiger partial charge in [0.1, 0.15) is 5.82 Å². The summed E-state index contributed by atoms with van der Waals surface area (Å²) < 4.78 is 20.9. The Hall–Kier alpha value is -1.39. The predicted molar refractivity (Wildman–Crippen MR) is 73.7 cm³/mol. The van der Waals surface area contributed by atoms with Gasteiger partial charge in [-0.2, -0.15) is 0 Å². The van der Waals surface area contributed by atoms with Crippen LogP contribution in [0.2, 0.25) is 0 Å². The highest BCUT2D eigenvalue weighted by Crippen LogP contribution is 2.16. The van der Waals surface area contributed by atoms with Gasteiger partial charge in [0.2, 0.25) is 0 Å². The maximum atomic E-state index is 13.2. The Morgan fingerprint density at radius 1 is 1.37 bits per heavy atom. The Bertz CT molecular complexity index is 546. The van der Waals surface area contributed by atoms with Gasteiger partial charge in [-0.3, -0.25) is 0 Å². The smallest absolute Gasteiger partial charge is 0.125 e. The summed E-state index contributed by atoms with van der Waals surface area (Å²) in [6, 6.07) is 6.94. The summed E-state index contributed by atoms with van der Waals surface area (Å²) in [7, 11) is 0. The Balaban J connectivity index is 1.54. The number of hydrogen-bond acceptors (Lipinski definition) is 2. The molecule has 3 rings (SSSR count). The quantitative estimate of drug-likeness (QED) is 0.838. The number of fused-ring (bicyclic) bond motifs is 1. The molecule has 0 bridgehead atoms. The van der Waals surface area contributed by atoms with E-state index in [1.54, 1.807) is 6.07 Å². The summed E-state index contributed by atoms with van der Waals surface area (Å²) >= 11 is 0. The lowest BCUT2D eigenvalue weighted by atomic mass is 10.2. The number of aromatic nitrogens is 1. The fourth-order valence-electron chi connectivity index (χ4n) is 2.62. The zero-order valence-corrected chi connectivity index (χ0v) is 10.9. The van der Waals surface area contributed by atoms with Crippen LogP contribution in [-0.2, 0) is 11.3 Å². The van der Waals surface area contributed by atoms with Gasteiger partial charge >= 0.3 is 0 Å². The van der Waals surface area contributed by atoms with E-state index < -0.39 is 0 Å². The summed E-state index contributed by atoms with van der Waals surface area (Å²) in [6.07, 6.45) is 4.72. The number of ether oxygens (including phenoxy) is 1. The second-order valence-electron chi connectivity index (χ2n) is 5.05. The van der Waals surface area contributed by atoms with Crippen LogP contribution in [0.5, 0.6) is 0 Å². The van der Waals surface area contributed by atoms with Gasteiger partial charge in [0.25, 0.3) is 0 Å². The monoisotopic (exact) mass is 262 g/mol. The molecule has 1 aromatic heterocycles. The molecule has 1 aliphatic heterocycles. The van der Waals surface area contributed by atoms with Crippen LogP contribution in [0.1, 0.15) is 12.8 Å². The van der Waals surface area contributed by atoms with Gasteiger partial charge in [0.15, 0.2) is 0 Å². The first kappa shape index (κ1) is 12.6. The summed E-state index contributed by atoms with van der Waals surface area (Å²) in [6.45, 7) is 3.53. The van der Waals surface area contributed by atoms with Crippen LogP contribution in [0.25, 0.3) is 10.9 Å². The molecule has 1 N–H and O–H groups in total. The minimum Gasteiger partial charge on any atom is -0.377 e. The van der Waals surface area contributed by atoms with Crippen molar-refractivity contribution in [2.75, 3.05) is 19.7 Å². The lowest BCUT2D eigenvalue weighted by molar-refractivity contribution is 0.110. The van der Waals surface area contributed by atoms with E-state index >= 15 is 0 Å². The van der Waals surface area contributed by atoms with E-state index in [-0.39, 0.29) is 5.82 Å². The second-order valence-corrected chi connectivity index (χ2v) is 5.05. The zero-order chi connectivity index (χ0) is 13.1. The van der Waals surface area contributed by atoms with Crippen LogP contribution in [0.3, 0.4) is 0 Å². The Kier molecular flexibility index (Phi) is 3.80. The van der Waals surface area contributed by atoms with Crippen LogP contribution < -0.4 is 5.32 Å². The second kappa shape index (κ2) is 5.72. The fourth-order valence-corrected chi connectivity index (χ4v) is 2.62. The molecule has 1 fully saturated rings. The first-order chi connectivity index (χ1) is 9.33. The lowest BCUT2D eigenvalue weighted by Gasteiger charge is -2.11. The minimum atomic E-state index is -0.181. The third-order valence-electron chi connectivity index (χ3n) is 3.66. The maximum absolute atomic E-state index is 13.2. The maximum Gasteiger partial charge on any atom is 0.125 e. The molecule has 0 radical (unpaired) electrons. The van der Waals surface area contributed by atoms with E-state index in [1.807, 2.05) is 18.3 Å². The molecule has 4 heteroatoms. The highest BCUT2D eigenvalue weighted by molar-refractivity contribution is 5.80.